The Bertz CT molecular complexity index is 846. The first-order valence-electron chi connectivity index (χ1n) is 8.44. The molecule has 138 valence electrons. The Morgan fingerprint density at radius 1 is 0.963 bits per heavy atom. The lowest BCUT2D eigenvalue weighted by Gasteiger charge is -2.13. The second kappa shape index (κ2) is 9.09. The van der Waals surface area contributed by atoms with Crippen molar-refractivity contribution < 1.29 is 19.1 Å². The van der Waals surface area contributed by atoms with Gasteiger partial charge in [-0.25, -0.2) is 0 Å². The van der Waals surface area contributed by atoms with Gasteiger partial charge in [0.2, 0.25) is 0 Å². The first-order valence-corrected chi connectivity index (χ1v) is 9.26. The predicted octanol–water partition coefficient (Wildman–Crippen LogP) is 4.37. The third-order valence-electron chi connectivity index (χ3n) is 3.75. The normalized spacial score (nSPS) is 15.3. The molecule has 0 aromatic heterocycles. The maximum absolute atomic E-state index is 12.5. The van der Waals surface area contributed by atoms with E-state index in [4.69, 9.17) is 9.47 Å². The molecule has 0 spiro atoms. The quantitative estimate of drug-likeness (QED) is 0.502. The smallest absolute Gasteiger partial charge is 0.293 e. The Hall–Kier alpha value is -2.99. The molecule has 5 nitrogen and oxygen atoms in total. The number of carbonyl (C=O) groups excluding carboxylic acids is 2. The van der Waals surface area contributed by atoms with Gasteiger partial charge >= 0.3 is 0 Å². The van der Waals surface area contributed by atoms with Crippen molar-refractivity contribution in [1.29, 1.82) is 0 Å². The molecule has 0 N–H and O–H groups in total. The van der Waals surface area contributed by atoms with Crippen LogP contribution in [0.1, 0.15) is 5.56 Å². The van der Waals surface area contributed by atoms with Crippen LogP contribution in [-0.2, 0) is 4.79 Å². The number of hydrogen-bond acceptors (Lipinski definition) is 5. The second-order valence-corrected chi connectivity index (χ2v) is 6.66. The maximum Gasteiger partial charge on any atom is 0.293 e. The minimum absolute atomic E-state index is 0.214. The lowest BCUT2D eigenvalue weighted by Crippen LogP contribution is -2.32. The van der Waals surface area contributed by atoms with Gasteiger partial charge in [0.15, 0.2) is 0 Å². The summed E-state index contributed by atoms with van der Waals surface area (Å²) < 4.78 is 11.0. The fourth-order valence-electron chi connectivity index (χ4n) is 2.43. The molecule has 2 amide bonds. The summed E-state index contributed by atoms with van der Waals surface area (Å²) >= 11 is 0.939. The summed E-state index contributed by atoms with van der Waals surface area (Å²) in [6.07, 6.45) is 3.38. The average molecular weight is 381 g/mol. The molecule has 1 saturated heterocycles. The van der Waals surface area contributed by atoms with Gasteiger partial charge < -0.3 is 9.47 Å². The molecule has 2 aromatic carbocycles. The van der Waals surface area contributed by atoms with Crippen molar-refractivity contribution in [2.75, 3.05) is 19.8 Å². The molecule has 0 saturated carbocycles. The van der Waals surface area contributed by atoms with Gasteiger partial charge in [-0.05, 0) is 47.7 Å². The molecule has 6 heteroatoms. The fourth-order valence-corrected chi connectivity index (χ4v) is 3.30. The lowest BCUT2D eigenvalue weighted by atomic mass is 10.2. The number of carbonyl (C=O) groups is 2. The average Bonchev–Trinajstić information content (AvgIpc) is 2.95. The standard InChI is InChI=1S/C21H19NO4S/c1-2-13-25-18-10-8-16(9-11-18)15-19-20(23)22(21(24)27-19)12-14-26-17-6-4-3-5-7-17/h2-11,15H,1,12-14H2/b19-15-. The highest BCUT2D eigenvalue weighted by Gasteiger charge is 2.34. The van der Waals surface area contributed by atoms with Crippen LogP contribution in [0.25, 0.3) is 6.08 Å². The Balaban J connectivity index is 1.59. The largest absolute Gasteiger partial charge is 0.492 e. The van der Waals surface area contributed by atoms with E-state index in [9.17, 15) is 9.59 Å². The molecule has 0 radical (unpaired) electrons. The zero-order valence-corrected chi connectivity index (χ0v) is 15.5. The van der Waals surface area contributed by atoms with Gasteiger partial charge in [0, 0.05) is 0 Å². The maximum atomic E-state index is 12.5. The van der Waals surface area contributed by atoms with E-state index < -0.39 is 0 Å². The number of hydrogen-bond donors (Lipinski definition) is 0. The van der Waals surface area contributed by atoms with Crippen LogP contribution in [0.5, 0.6) is 11.5 Å². The Labute approximate surface area is 162 Å². The summed E-state index contributed by atoms with van der Waals surface area (Å²) in [6.45, 7) is 4.50. The summed E-state index contributed by atoms with van der Waals surface area (Å²) in [5, 5.41) is -0.283. The van der Waals surface area contributed by atoms with E-state index >= 15 is 0 Å². The van der Waals surface area contributed by atoms with Crippen molar-refractivity contribution in [1.82, 2.24) is 4.90 Å². The molecule has 0 atom stereocenters. The van der Waals surface area contributed by atoms with Crippen molar-refractivity contribution in [2.45, 2.75) is 0 Å². The molecular formula is C21H19NO4S. The first-order chi connectivity index (χ1) is 13.2. The Morgan fingerprint density at radius 2 is 1.67 bits per heavy atom. The Morgan fingerprint density at radius 3 is 2.37 bits per heavy atom. The number of rotatable bonds is 8. The molecule has 3 rings (SSSR count). The third-order valence-corrected chi connectivity index (χ3v) is 4.65. The van der Waals surface area contributed by atoms with Gasteiger partial charge in [-0.3, -0.25) is 14.5 Å². The number of imide groups is 1. The van der Waals surface area contributed by atoms with Crippen molar-refractivity contribution in [3.05, 3.63) is 77.7 Å². The van der Waals surface area contributed by atoms with E-state index in [0.29, 0.717) is 17.3 Å². The second-order valence-electron chi connectivity index (χ2n) is 5.66. The zero-order valence-electron chi connectivity index (χ0n) is 14.7. The van der Waals surface area contributed by atoms with Crippen LogP contribution < -0.4 is 9.47 Å². The van der Waals surface area contributed by atoms with E-state index in [-0.39, 0.29) is 24.3 Å². The predicted molar refractivity (Wildman–Crippen MR) is 107 cm³/mol. The highest BCUT2D eigenvalue weighted by atomic mass is 32.2. The molecule has 27 heavy (non-hydrogen) atoms. The molecule has 0 unspecified atom stereocenters. The van der Waals surface area contributed by atoms with Gasteiger partial charge in [-0.2, -0.15) is 0 Å². The van der Waals surface area contributed by atoms with Crippen LogP contribution >= 0.6 is 11.8 Å². The number of nitrogens with zero attached hydrogens (tertiary/aromatic N) is 1. The number of thioether (sulfide) groups is 1. The molecular weight excluding hydrogens is 362 g/mol. The number of benzene rings is 2. The minimum atomic E-state index is -0.298. The Kier molecular flexibility index (Phi) is 6.33. The van der Waals surface area contributed by atoms with Gasteiger partial charge in [-0.15, -0.1) is 0 Å². The van der Waals surface area contributed by atoms with Crippen molar-refractivity contribution in [2.24, 2.45) is 0 Å². The molecule has 1 heterocycles. The monoisotopic (exact) mass is 381 g/mol. The highest BCUT2D eigenvalue weighted by molar-refractivity contribution is 8.18. The van der Waals surface area contributed by atoms with Gasteiger partial charge in [0.1, 0.15) is 24.7 Å². The molecule has 1 aliphatic rings. The van der Waals surface area contributed by atoms with Crippen LogP contribution in [-0.4, -0.2) is 35.8 Å². The highest BCUT2D eigenvalue weighted by Crippen LogP contribution is 2.32. The summed E-state index contributed by atoms with van der Waals surface area (Å²) in [4.78, 5) is 26.2. The van der Waals surface area contributed by atoms with E-state index in [0.717, 1.165) is 23.1 Å². The van der Waals surface area contributed by atoms with Crippen LogP contribution in [0, 0.1) is 0 Å². The lowest BCUT2D eigenvalue weighted by molar-refractivity contribution is -0.123. The zero-order chi connectivity index (χ0) is 19.1. The molecule has 0 bridgehead atoms. The van der Waals surface area contributed by atoms with E-state index in [2.05, 4.69) is 6.58 Å². The fraction of sp³-hybridized carbons (Fsp3) is 0.143. The van der Waals surface area contributed by atoms with Crippen LogP contribution in [0.4, 0.5) is 4.79 Å². The first kappa shape index (κ1) is 18.8. The van der Waals surface area contributed by atoms with Crippen molar-refractivity contribution in [3.8, 4) is 11.5 Å². The SMILES string of the molecule is C=CCOc1ccc(/C=C2\SC(=O)N(CCOc3ccccc3)C2=O)cc1. The summed E-state index contributed by atoms with van der Waals surface area (Å²) in [5.41, 5.74) is 0.826. The van der Waals surface area contributed by atoms with Crippen LogP contribution in [0.2, 0.25) is 0 Å². The minimum Gasteiger partial charge on any atom is -0.492 e. The summed E-state index contributed by atoms with van der Waals surface area (Å²) in [6, 6.07) is 16.6. The molecule has 2 aromatic rings. The number of para-hydroxylation sites is 1. The van der Waals surface area contributed by atoms with Crippen LogP contribution in [0.15, 0.2) is 72.2 Å². The van der Waals surface area contributed by atoms with E-state index in [1.54, 1.807) is 12.2 Å². The van der Waals surface area contributed by atoms with E-state index in [1.807, 2.05) is 54.6 Å². The van der Waals surface area contributed by atoms with Gasteiger partial charge in [0.25, 0.3) is 11.1 Å². The molecule has 1 fully saturated rings. The van der Waals surface area contributed by atoms with Crippen LogP contribution in [0.3, 0.4) is 0 Å². The summed E-state index contributed by atoms with van der Waals surface area (Å²) in [7, 11) is 0. The molecule has 0 aliphatic carbocycles. The van der Waals surface area contributed by atoms with Gasteiger partial charge in [-0.1, -0.05) is 43.0 Å². The van der Waals surface area contributed by atoms with E-state index in [1.165, 1.54) is 4.90 Å². The molecule has 1 aliphatic heterocycles. The van der Waals surface area contributed by atoms with Gasteiger partial charge in [0.05, 0.1) is 11.4 Å². The number of ether oxygens (including phenoxy) is 2. The third kappa shape index (κ3) is 5.01. The van der Waals surface area contributed by atoms with Crippen molar-refractivity contribution in [3.63, 3.8) is 0 Å². The summed E-state index contributed by atoms with van der Waals surface area (Å²) in [5.74, 6) is 1.13. The number of amides is 2. The topological polar surface area (TPSA) is 55.8 Å². The van der Waals surface area contributed by atoms with Crippen molar-refractivity contribution >= 4 is 29.0 Å².